The SMILES string of the molecule is COc1ccc(CNC(=O)CSc2ccc(-c3nc4ccccc4[nH]3)cn2)cc1. The highest BCUT2D eigenvalue weighted by atomic mass is 32.2. The molecule has 0 saturated heterocycles. The largest absolute Gasteiger partial charge is 0.497 e. The third-order valence-electron chi connectivity index (χ3n) is 4.40. The Morgan fingerprint density at radius 1 is 1.10 bits per heavy atom. The summed E-state index contributed by atoms with van der Waals surface area (Å²) in [5.74, 6) is 1.86. The Kier molecular flexibility index (Phi) is 5.76. The Hall–Kier alpha value is -3.32. The number of nitrogens with zero attached hydrogens (tertiary/aromatic N) is 2. The molecule has 0 unspecified atom stereocenters. The Morgan fingerprint density at radius 2 is 1.93 bits per heavy atom. The van der Waals surface area contributed by atoms with Gasteiger partial charge in [0.1, 0.15) is 11.6 Å². The van der Waals surface area contributed by atoms with Gasteiger partial charge in [-0.2, -0.15) is 0 Å². The third kappa shape index (κ3) is 4.75. The molecule has 2 aromatic carbocycles. The van der Waals surface area contributed by atoms with Crippen molar-refractivity contribution < 1.29 is 9.53 Å². The molecule has 2 N–H and O–H groups in total. The van der Waals surface area contributed by atoms with Crippen LogP contribution in [0.2, 0.25) is 0 Å². The van der Waals surface area contributed by atoms with Gasteiger partial charge in [0.15, 0.2) is 0 Å². The number of aromatic nitrogens is 3. The molecule has 146 valence electrons. The van der Waals surface area contributed by atoms with Gasteiger partial charge in [0.05, 0.1) is 28.9 Å². The molecule has 29 heavy (non-hydrogen) atoms. The van der Waals surface area contributed by atoms with Gasteiger partial charge in [-0.15, -0.1) is 0 Å². The summed E-state index contributed by atoms with van der Waals surface area (Å²) >= 11 is 1.40. The molecule has 7 heteroatoms. The number of nitrogens with one attached hydrogen (secondary N) is 2. The van der Waals surface area contributed by atoms with E-state index in [4.69, 9.17) is 4.74 Å². The number of carbonyl (C=O) groups is 1. The molecule has 4 rings (SSSR count). The van der Waals surface area contributed by atoms with Crippen molar-refractivity contribution in [2.75, 3.05) is 12.9 Å². The van der Waals surface area contributed by atoms with Gasteiger partial charge < -0.3 is 15.0 Å². The quantitative estimate of drug-likeness (QED) is 0.455. The maximum absolute atomic E-state index is 12.1. The highest BCUT2D eigenvalue weighted by Gasteiger charge is 2.07. The Bertz CT molecular complexity index is 1070. The molecule has 0 aliphatic carbocycles. The van der Waals surface area contributed by atoms with Crippen molar-refractivity contribution in [1.82, 2.24) is 20.3 Å². The van der Waals surface area contributed by atoms with Gasteiger partial charge in [0.25, 0.3) is 0 Å². The van der Waals surface area contributed by atoms with Crippen LogP contribution in [0.4, 0.5) is 0 Å². The molecule has 0 spiro atoms. The maximum atomic E-state index is 12.1. The van der Waals surface area contributed by atoms with E-state index < -0.39 is 0 Å². The monoisotopic (exact) mass is 404 g/mol. The number of ether oxygens (including phenoxy) is 1. The molecule has 1 amide bonds. The fourth-order valence-corrected chi connectivity index (χ4v) is 3.50. The first-order valence-corrected chi connectivity index (χ1v) is 10.1. The van der Waals surface area contributed by atoms with E-state index in [9.17, 15) is 4.79 Å². The first kappa shape index (κ1) is 19.0. The number of hydrogen-bond donors (Lipinski definition) is 2. The van der Waals surface area contributed by atoms with Gasteiger partial charge in [0.2, 0.25) is 5.91 Å². The lowest BCUT2D eigenvalue weighted by Gasteiger charge is -2.06. The van der Waals surface area contributed by atoms with Crippen LogP contribution in [0.5, 0.6) is 5.75 Å². The zero-order chi connectivity index (χ0) is 20.1. The van der Waals surface area contributed by atoms with Gasteiger partial charge in [-0.1, -0.05) is 36.0 Å². The van der Waals surface area contributed by atoms with Crippen LogP contribution in [0.25, 0.3) is 22.4 Å². The fraction of sp³-hybridized carbons (Fsp3) is 0.136. The minimum Gasteiger partial charge on any atom is -0.497 e. The van der Waals surface area contributed by atoms with E-state index in [2.05, 4.69) is 20.3 Å². The van der Waals surface area contributed by atoms with E-state index in [1.165, 1.54) is 11.8 Å². The molecule has 0 radical (unpaired) electrons. The second-order valence-corrected chi connectivity index (χ2v) is 7.40. The Morgan fingerprint density at radius 3 is 2.66 bits per heavy atom. The van der Waals surface area contributed by atoms with Crippen LogP contribution in [0.15, 0.2) is 71.9 Å². The molecule has 0 aliphatic rings. The van der Waals surface area contributed by atoms with Gasteiger partial charge >= 0.3 is 0 Å². The Balaban J connectivity index is 1.29. The fourth-order valence-electron chi connectivity index (χ4n) is 2.83. The number of rotatable bonds is 7. The number of carbonyl (C=O) groups excluding carboxylic acids is 1. The summed E-state index contributed by atoms with van der Waals surface area (Å²) in [6.45, 7) is 0.488. The predicted molar refractivity (Wildman–Crippen MR) is 115 cm³/mol. The van der Waals surface area contributed by atoms with Crippen molar-refractivity contribution in [3.8, 4) is 17.1 Å². The number of benzene rings is 2. The number of H-pyrrole nitrogens is 1. The first-order chi connectivity index (χ1) is 14.2. The van der Waals surface area contributed by atoms with Crippen molar-refractivity contribution in [2.24, 2.45) is 0 Å². The third-order valence-corrected chi connectivity index (χ3v) is 5.34. The summed E-state index contributed by atoms with van der Waals surface area (Å²) in [5, 5.41) is 3.71. The lowest BCUT2D eigenvalue weighted by Crippen LogP contribution is -2.24. The predicted octanol–water partition coefficient (Wildman–Crippen LogP) is 4.04. The van der Waals surface area contributed by atoms with Crippen molar-refractivity contribution in [1.29, 1.82) is 0 Å². The zero-order valence-electron chi connectivity index (χ0n) is 15.9. The normalized spacial score (nSPS) is 10.8. The average molecular weight is 404 g/mol. The lowest BCUT2D eigenvalue weighted by atomic mass is 10.2. The van der Waals surface area contributed by atoms with Crippen LogP contribution in [0.1, 0.15) is 5.56 Å². The second kappa shape index (κ2) is 8.79. The number of amides is 1. The smallest absolute Gasteiger partial charge is 0.230 e. The number of para-hydroxylation sites is 2. The molecule has 0 atom stereocenters. The number of fused-ring (bicyclic) bond motifs is 1. The second-order valence-electron chi connectivity index (χ2n) is 6.40. The number of imidazole rings is 1. The average Bonchev–Trinajstić information content (AvgIpc) is 3.21. The molecule has 0 bridgehead atoms. The van der Waals surface area contributed by atoms with Crippen LogP contribution in [0, 0.1) is 0 Å². The van der Waals surface area contributed by atoms with Crippen LogP contribution in [-0.4, -0.2) is 33.7 Å². The van der Waals surface area contributed by atoms with Crippen molar-refractivity contribution >= 4 is 28.7 Å². The number of pyridine rings is 1. The molecule has 0 fully saturated rings. The number of thioether (sulfide) groups is 1. The van der Waals surface area contributed by atoms with E-state index in [1.54, 1.807) is 13.3 Å². The van der Waals surface area contributed by atoms with E-state index in [0.717, 1.165) is 38.8 Å². The van der Waals surface area contributed by atoms with Crippen molar-refractivity contribution in [3.05, 3.63) is 72.4 Å². The summed E-state index contributed by atoms with van der Waals surface area (Å²) in [4.78, 5) is 24.4. The molecule has 6 nitrogen and oxygen atoms in total. The number of methoxy groups -OCH3 is 1. The van der Waals surface area contributed by atoms with Crippen LogP contribution < -0.4 is 10.1 Å². The van der Waals surface area contributed by atoms with Crippen LogP contribution >= 0.6 is 11.8 Å². The zero-order valence-corrected chi connectivity index (χ0v) is 16.7. The summed E-state index contributed by atoms with van der Waals surface area (Å²) < 4.78 is 5.13. The van der Waals surface area contributed by atoms with Gasteiger partial charge in [-0.25, -0.2) is 9.97 Å². The molecule has 2 heterocycles. The van der Waals surface area contributed by atoms with Crippen LogP contribution in [0.3, 0.4) is 0 Å². The first-order valence-electron chi connectivity index (χ1n) is 9.15. The standard InChI is InChI=1S/C22H20N4O2S/c1-28-17-9-6-15(7-10-17)12-23-20(27)14-29-21-11-8-16(13-24-21)22-25-18-4-2-3-5-19(18)26-22/h2-11,13H,12,14H2,1H3,(H,23,27)(H,25,26). The highest BCUT2D eigenvalue weighted by Crippen LogP contribution is 2.22. The highest BCUT2D eigenvalue weighted by molar-refractivity contribution is 7.99. The molecule has 2 aromatic heterocycles. The molecule has 0 saturated carbocycles. The summed E-state index contributed by atoms with van der Waals surface area (Å²) in [6, 6.07) is 19.4. The minimum atomic E-state index is -0.0334. The number of hydrogen-bond acceptors (Lipinski definition) is 5. The van der Waals surface area contributed by atoms with Gasteiger partial charge in [0, 0.05) is 18.3 Å². The van der Waals surface area contributed by atoms with E-state index in [1.807, 2.05) is 60.7 Å². The van der Waals surface area contributed by atoms with Crippen molar-refractivity contribution in [2.45, 2.75) is 11.6 Å². The Labute approximate surface area is 172 Å². The van der Waals surface area contributed by atoms with Crippen molar-refractivity contribution in [3.63, 3.8) is 0 Å². The summed E-state index contributed by atoms with van der Waals surface area (Å²) in [6.07, 6.45) is 1.77. The minimum absolute atomic E-state index is 0.0334. The van der Waals surface area contributed by atoms with Crippen LogP contribution in [-0.2, 0) is 11.3 Å². The molecule has 4 aromatic rings. The van der Waals surface area contributed by atoms with E-state index >= 15 is 0 Å². The number of aromatic amines is 1. The molecular formula is C22H20N4O2S. The summed E-state index contributed by atoms with van der Waals surface area (Å²) in [5.41, 5.74) is 3.86. The molecule has 0 aliphatic heterocycles. The van der Waals surface area contributed by atoms with E-state index in [-0.39, 0.29) is 5.91 Å². The van der Waals surface area contributed by atoms with Gasteiger partial charge in [-0.05, 0) is 42.0 Å². The lowest BCUT2D eigenvalue weighted by molar-refractivity contribution is -0.118. The topological polar surface area (TPSA) is 79.9 Å². The van der Waals surface area contributed by atoms with Gasteiger partial charge in [-0.3, -0.25) is 4.79 Å². The van der Waals surface area contributed by atoms with E-state index in [0.29, 0.717) is 12.3 Å². The summed E-state index contributed by atoms with van der Waals surface area (Å²) in [7, 11) is 1.63. The maximum Gasteiger partial charge on any atom is 0.230 e. The molecular weight excluding hydrogens is 384 g/mol.